The zero-order valence-electron chi connectivity index (χ0n) is 12.9. The van der Waals surface area contributed by atoms with Crippen LogP contribution in [0.5, 0.6) is 0 Å². The lowest BCUT2D eigenvalue weighted by atomic mass is 10.2. The van der Waals surface area contributed by atoms with Crippen LogP contribution in [0.1, 0.15) is 19.8 Å². The molecule has 0 aliphatic carbocycles. The van der Waals surface area contributed by atoms with Crippen LogP contribution in [-0.2, 0) is 28.6 Å². The molecule has 1 saturated heterocycles. The van der Waals surface area contributed by atoms with Gasteiger partial charge in [-0.1, -0.05) is 0 Å². The fraction of sp³-hybridized carbons (Fsp3) is 0.500. The van der Waals surface area contributed by atoms with Gasteiger partial charge in [-0.2, -0.15) is 8.42 Å². The summed E-state index contributed by atoms with van der Waals surface area (Å²) in [7, 11) is -4.24. The molecule has 0 radical (unpaired) electrons. The van der Waals surface area contributed by atoms with Gasteiger partial charge in [-0.3, -0.25) is 14.3 Å². The highest BCUT2D eigenvalue weighted by Gasteiger charge is 2.27. The van der Waals surface area contributed by atoms with Crippen molar-refractivity contribution in [3.05, 3.63) is 34.4 Å². The van der Waals surface area contributed by atoms with E-state index in [9.17, 15) is 23.3 Å². The Hall–Kier alpha value is -2.04. The summed E-state index contributed by atoms with van der Waals surface area (Å²) in [5.74, 6) is -0.823. The second kappa shape index (κ2) is 7.69. The van der Waals surface area contributed by atoms with Gasteiger partial charge in [0.05, 0.1) is 15.9 Å². The zero-order valence-corrected chi connectivity index (χ0v) is 13.7. The predicted octanol–water partition coefficient (Wildman–Crippen LogP) is 1.41. The molecule has 2 atom stereocenters. The van der Waals surface area contributed by atoms with E-state index in [1.54, 1.807) is 0 Å². The molecule has 0 N–H and O–H groups in total. The molecule has 0 amide bonds. The molecule has 0 saturated carbocycles. The summed E-state index contributed by atoms with van der Waals surface area (Å²) in [4.78, 5) is 21.4. The Morgan fingerprint density at radius 1 is 1.42 bits per heavy atom. The van der Waals surface area contributed by atoms with Gasteiger partial charge in [0, 0.05) is 18.7 Å². The number of hydrogen-bond donors (Lipinski definition) is 0. The summed E-state index contributed by atoms with van der Waals surface area (Å²) >= 11 is 0. The zero-order chi connectivity index (χ0) is 17.7. The van der Waals surface area contributed by atoms with Gasteiger partial charge in [0.1, 0.15) is 6.61 Å². The Labute approximate surface area is 138 Å². The van der Waals surface area contributed by atoms with E-state index < -0.39 is 27.1 Å². The molecule has 24 heavy (non-hydrogen) atoms. The third-order valence-corrected chi connectivity index (χ3v) is 4.77. The summed E-state index contributed by atoms with van der Waals surface area (Å²) in [5, 5.41) is 10.6. The van der Waals surface area contributed by atoms with Crippen molar-refractivity contribution in [1.82, 2.24) is 0 Å². The number of non-ortho nitro benzene ring substituents is 1. The molecule has 1 aliphatic rings. The lowest BCUT2D eigenvalue weighted by molar-refractivity contribution is -0.384. The van der Waals surface area contributed by atoms with Crippen LogP contribution in [0.15, 0.2) is 29.2 Å². The maximum absolute atomic E-state index is 12.1. The number of nitro benzene ring substituents is 1. The van der Waals surface area contributed by atoms with Gasteiger partial charge >= 0.3 is 5.97 Å². The SMILES string of the molecule is CC(OS(=O)(=O)c1ccc([N+](=O)[O-])cc1)C(=O)OCC1CCCO1. The van der Waals surface area contributed by atoms with E-state index in [4.69, 9.17) is 13.7 Å². The van der Waals surface area contributed by atoms with Crippen molar-refractivity contribution in [2.24, 2.45) is 0 Å². The van der Waals surface area contributed by atoms with E-state index in [1.807, 2.05) is 0 Å². The third kappa shape index (κ3) is 4.73. The van der Waals surface area contributed by atoms with Crippen LogP contribution < -0.4 is 0 Å². The van der Waals surface area contributed by atoms with E-state index in [0.717, 1.165) is 37.1 Å². The Morgan fingerprint density at radius 3 is 2.62 bits per heavy atom. The molecular weight excluding hydrogens is 342 g/mol. The Morgan fingerprint density at radius 2 is 2.08 bits per heavy atom. The molecule has 1 fully saturated rings. The topological polar surface area (TPSA) is 122 Å². The molecule has 1 aromatic carbocycles. The van der Waals surface area contributed by atoms with E-state index in [0.29, 0.717) is 6.61 Å². The molecule has 1 aromatic rings. The summed E-state index contributed by atoms with van der Waals surface area (Å²) in [5.41, 5.74) is -0.252. The number of nitro groups is 1. The van der Waals surface area contributed by atoms with Crippen molar-refractivity contribution >= 4 is 21.8 Å². The van der Waals surface area contributed by atoms with Crippen molar-refractivity contribution in [3.63, 3.8) is 0 Å². The van der Waals surface area contributed by atoms with Crippen LogP contribution in [0.3, 0.4) is 0 Å². The second-order valence-corrected chi connectivity index (χ2v) is 6.78. The number of rotatable bonds is 7. The molecule has 1 heterocycles. The van der Waals surface area contributed by atoms with Crippen molar-refractivity contribution in [2.75, 3.05) is 13.2 Å². The standard InChI is InChI=1S/C14H17NO8S/c1-10(14(16)22-9-12-3-2-8-21-12)23-24(19,20)13-6-4-11(5-7-13)15(17)18/h4-7,10,12H,2-3,8-9H2,1H3. The largest absolute Gasteiger partial charge is 0.461 e. The average molecular weight is 359 g/mol. The quantitative estimate of drug-likeness (QED) is 0.310. The number of carbonyl (C=O) groups excluding carboxylic acids is 1. The molecule has 0 bridgehead atoms. The lowest BCUT2D eigenvalue weighted by Crippen LogP contribution is -2.29. The van der Waals surface area contributed by atoms with Gasteiger partial charge in [0.2, 0.25) is 0 Å². The Balaban J connectivity index is 1.94. The summed E-state index contributed by atoms with van der Waals surface area (Å²) in [6.45, 7) is 1.91. The van der Waals surface area contributed by atoms with Crippen LogP contribution in [0, 0.1) is 10.1 Å². The minimum atomic E-state index is -4.24. The van der Waals surface area contributed by atoms with Gasteiger partial charge < -0.3 is 9.47 Å². The van der Waals surface area contributed by atoms with Gasteiger partial charge in [-0.15, -0.1) is 0 Å². The summed E-state index contributed by atoms with van der Waals surface area (Å²) < 4.78 is 39.2. The van der Waals surface area contributed by atoms with Crippen molar-refractivity contribution in [1.29, 1.82) is 0 Å². The number of carbonyl (C=O) groups is 1. The monoisotopic (exact) mass is 359 g/mol. The molecular formula is C14H17NO8S. The molecule has 10 heteroatoms. The highest BCUT2D eigenvalue weighted by molar-refractivity contribution is 7.86. The van der Waals surface area contributed by atoms with Crippen LogP contribution in [0.2, 0.25) is 0 Å². The van der Waals surface area contributed by atoms with Crippen molar-refractivity contribution < 1.29 is 31.8 Å². The average Bonchev–Trinajstić information content (AvgIpc) is 3.05. The molecule has 0 spiro atoms. The van der Waals surface area contributed by atoms with Crippen molar-refractivity contribution in [3.8, 4) is 0 Å². The first-order chi connectivity index (χ1) is 11.3. The van der Waals surface area contributed by atoms with Gasteiger partial charge in [-0.05, 0) is 31.9 Å². The minimum Gasteiger partial charge on any atom is -0.461 e. The van der Waals surface area contributed by atoms with E-state index in [1.165, 1.54) is 6.92 Å². The molecule has 2 rings (SSSR count). The maximum Gasteiger partial charge on any atom is 0.336 e. The fourth-order valence-electron chi connectivity index (χ4n) is 2.09. The van der Waals surface area contributed by atoms with Crippen LogP contribution in [0.25, 0.3) is 0 Å². The summed E-state index contributed by atoms with van der Waals surface area (Å²) in [6.07, 6.45) is 0.158. The van der Waals surface area contributed by atoms with Crippen LogP contribution >= 0.6 is 0 Å². The fourth-order valence-corrected chi connectivity index (χ4v) is 3.13. The lowest BCUT2D eigenvalue weighted by Gasteiger charge is -2.14. The van der Waals surface area contributed by atoms with Gasteiger partial charge in [0.25, 0.3) is 15.8 Å². The first-order valence-corrected chi connectivity index (χ1v) is 8.66. The normalized spacial score (nSPS) is 19.0. The number of hydrogen-bond acceptors (Lipinski definition) is 8. The number of nitrogens with zero attached hydrogens (tertiary/aromatic N) is 1. The number of esters is 1. The molecule has 1 aliphatic heterocycles. The van der Waals surface area contributed by atoms with Crippen molar-refractivity contribution in [2.45, 2.75) is 36.9 Å². The number of ether oxygens (including phenoxy) is 2. The van der Waals surface area contributed by atoms with E-state index in [2.05, 4.69) is 0 Å². The highest BCUT2D eigenvalue weighted by atomic mass is 32.2. The first-order valence-electron chi connectivity index (χ1n) is 7.25. The number of benzene rings is 1. The smallest absolute Gasteiger partial charge is 0.336 e. The second-order valence-electron chi connectivity index (χ2n) is 5.21. The molecule has 0 aromatic heterocycles. The first kappa shape index (κ1) is 18.3. The third-order valence-electron chi connectivity index (χ3n) is 3.37. The highest BCUT2D eigenvalue weighted by Crippen LogP contribution is 2.19. The maximum atomic E-state index is 12.1. The summed E-state index contributed by atoms with van der Waals surface area (Å²) in [6, 6.07) is 4.16. The van der Waals surface area contributed by atoms with Gasteiger partial charge in [-0.25, -0.2) is 4.79 Å². The molecule has 9 nitrogen and oxygen atoms in total. The van der Waals surface area contributed by atoms with Crippen LogP contribution in [-0.4, -0.2) is 44.7 Å². The van der Waals surface area contributed by atoms with Gasteiger partial charge in [0.15, 0.2) is 6.10 Å². The Kier molecular flexibility index (Phi) is 5.86. The van der Waals surface area contributed by atoms with E-state index >= 15 is 0 Å². The minimum absolute atomic E-state index is 0.0457. The van der Waals surface area contributed by atoms with E-state index in [-0.39, 0.29) is 23.3 Å². The Bertz CT molecular complexity index is 694. The molecule has 132 valence electrons. The van der Waals surface area contributed by atoms with Crippen LogP contribution in [0.4, 0.5) is 5.69 Å². The molecule has 2 unspecified atom stereocenters. The predicted molar refractivity (Wildman–Crippen MR) is 80.8 cm³/mol.